The van der Waals surface area contributed by atoms with Gasteiger partial charge in [0.2, 0.25) is 0 Å². The minimum atomic E-state index is 0.146. The van der Waals surface area contributed by atoms with Crippen LogP contribution in [0.5, 0.6) is 0 Å². The number of nitrogens with zero attached hydrogens (tertiary/aromatic N) is 6. The van der Waals surface area contributed by atoms with E-state index in [9.17, 15) is 0 Å². The van der Waals surface area contributed by atoms with Crippen molar-refractivity contribution in [2.24, 2.45) is 0 Å². The van der Waals surface area contributed by atoms with Gasteiger partial charge in [0.25, 0.3) is 0 Å². The first kappa shape index (κ1) is 16.8. The summed E-state index contributed by atoms with van der Waals surface area (Å²) in [6.07, 6.45) is 11.0. The summed E-state index contributed by atoms with van der Waals surface area (Å²) in [5.74, 6) is 0. The van der Waals surface area contributed by atoms with Gasteiger partial charge in [-0.25, -0.2) is 4.68 Å². The molecule has 3 aromatic heterocycles. The summed E-state index contributed by atoms with van der Waals surface area (Å²) in [6, 6.07) is 3.83. The molecule has 0 spiro atoms. The van der Waals surface area contributed by atoms with Crippen molar-refractivity contribution in [3.05, 3.63) is 55.0 Å². The third-order valence-corrected chi connectivity index (χ3v) is 4.55. The van der Waals surface area contributed by atoms with Crippen LogP contribution in [0.3, 0.4) is 0 Å². The molecular formula is C19H23N7. The lowest BCUT2D eigenvalue weighted by atomic mass is 10.0. The molecule has 0 aliphatic carbocycles. The molecule has 4 rings (SSSR count). The average Bonchev–Trinajstić information content (AvgIpc) is 3.12. The number of aromatic nitrogens is 5. The molecule has 7 nitrogen and oxygen atoms in total. The molecular weight excluding hydrogens is 326 g/mol. The number of rotatable bonds is 4. The van der Waals surface area contributed by atoms with Gasteiger partial charge in [-0.2, -0.15) is 5.10 Å². The molecule has 1 N–H and O–H groups in total. The van der Waals surface area contributed by atoms with Crippen LogP contribution < -0.4 is 5.32 Å². The zero-order chi connectivity index (χ0) is 18.0. The highest BCUT2D eigenvalue weighted by Crippen LogP contribution is 2.18. The van der Waals surface area contributed by atoms with Crippen LogP contribution in [0, 0.1) is 0 Å². The fourth-order valence-electron chi connectivity index (χ4n) is 3.29. The lowest BCUT2D eigenvalue weighted by Crippen LogP contribution is -2.56. The quantitative estimate of drug-likeness (QED) is 0.776. The van der Waals surface area contributed by atoms with E-state index >= 15 is 0 Å². The Hall–Kier alpha value is -2.64. The summed E-state index contributed by atoms with van der Waals surface area (Å²) < 4.78 is 1.81. The predicted octanol–water partition coefficient (Wildman–Crippen LogP) is 1.91. The molecule has 0 saturated carbocycles. The zero-order valence-electron chi connectivity index (χ0n) is 15.1. The van der Waals surface area contributed by atoms with Crippen molar-refractivity contribution in [1.82, 2.24) is 34.9 Å². The lowest BCUT2D eigenvalue weighted by Gasteiger charge is -2.38. The first-order chi connectivity index (χ1) is 12.6. The maximum atomic E-state index is 4.61. The predicted molar refractivity (Wildman–Crippen MR) is 99.7 cm³/mol. The molecule has 1 aliphatic heterocycles. The summed E-state index contributed by atoms with van der Waals surface area (Å²) in [6.45, 7) is 8.34. The molecule has 134 valence electrons. The summed E-state index contributed by atoms with van der Waals surface area (Å²) in [5.41, 5.74) is 3.89. The standard InChI is InChI=1S/C19H23N7/c1-19(2)14-25(8-7-23-19)13-16-10-22-18(11-21-16)15-9-24-26(12-15)17-3-5-20-6-4-17/h3-6,9-12,23H,7-8,13-14H2,1-2H3. The molecule has 26 heavy (non-hydrogen) atoms. The van der Waals surface area contributed by atoms with Gasteiger partial charge >= 0.3 is 0 Å². The van der Waals surface area contributed by atoms with E-state index in [0.717, 1.165) is 48.8 Å². The minimum absolute atomic E-state index is 0.146. The van der Waals surface area contributed by atoms with E-state index in [1.165, 1.54) is 0 Å². The van der Waals surface area contributed by atoms with Crippen molar-refractivity contribution >= 4 is 0 Å². The van der Waals surface area contributed by atoms with Gasteiger partial charge < -0.3 is 5.32 Å². The molecule has 3 aromatic rings. The number of nitrogens with one attached hydrogen (secondary N) is 1. The maximum absolute atomic E-state index is 4.61. The van der Waals surface area contributed by atoms with Crippen molar-refractivity contribution in [2.75, 3.05) is 19.6 Å². The van der Waals surface area contributed by atoms with Crippen molar-refractivity contribution in [1.29, 1.82) is 0 Å². The van der Waals surface area contributed by atoms with Gasteiger partial charge in [0.15, 0.2) is 0 Å². The lowest BCUT2D eigenvalue weighted by molar-refractivity contribution is 0.147. The number of piperazine rings is 1. The van der Waals surface area contributed by atoms with Crippen LogP contribution >= 0.6 is 0 Å². The van der Waals surface area contributed by atoms with Crippen LogP contribution in [0.25, 0.3) is 16.9 Å². The molecule has 0 amide bonds. The van der Waals surface area contributed by atoms with Gasteiger partial charge in [0, 0.05) is 55.9 Å². The number of pyridine rings is 1. The van der Waals surface area contributed by atoms with Crippen molar-refractivity contribution in [3.63, 3.8) is 0 Å². The summed E-state index contributed by atoms with van der Waals surface area (Å²) in [7, 11) is 0. The minimum Gasteiger partial charge on any atom is -0.309 e. The second-order valence-electron chi connectivity index (χ2n) is 7.29. The summed E-state index contributed by atoms with van der Waals surface area (Å²) in [4.78, 5) is 15.6. The van der Waals surface area contributed by atoms with Gasteiger partial charge in [-0.1, -0.05) is 0 Å². The topological polar surface area (TPSA) is 71.8 Å². The molecule has 4 heterocycles. The zero-order valence-corrected chi connectivity index (χ0v) is 15.1. The van der Waals surface area contributed by atoms with E-state index in [1.807, 2.05) is 41.6 Å². The largest absolute Gasteiger partial charge is 0.309 e. The normalized spacial score (nSPS) is 17.3. The Balaban J connectivity index is 1.46. The molecule has 0 radical (unpaired) electrons. The Morgan fingerprint density at radius 2 is 1.96 bits per heavy atom. The van der Waals surface area contributed by atoms with Crippen LogP contribution in [0.1, 0.15) is 19.5 Å². The fourth-order valence-corrected chi connectivity index (χ4v) is 3.29. The SMILES string of the molecule is CC1(C)CN(Cc2cnc(-c3cnn(-c4ccncc4)c3)cn2)CCN1. The Morgan fingerprint density at radius 1 is 1.12 bits per heavy atom. The van der Waals surface area contributed by atoms with Crippen LogP contribution in [-0.4, -0.2) is 54.8 Å². The molecule has 1 saturated heterocycles. The molecule has 7 heteroatoms. The third kappa shape index (κ3) is 3.79. The van der Waals surface area contributed by atoms with Gasteiger partial charge in [0.05, 0.1) is 35.7 Å². The van der Waals surface area contributed by atoms with E-state index in [2.05, 4.69) is 44.1 Å². The summed E-state index contributed by atoms with van der Waals surface area (Å²) in [5, 5.41) is 7.93. The van der Waals surface area contributed by atoms with Gasteiger partial charge in [0.1, 0.15) is 0 Å². The molecule has 0 bridgehead atoms. The Kier molecular flexibility index (Phi) is 4.48. The van der Waals surface area contributed by atoms with Crippen LogP contribution in [0.4, 0.5) is 0 Å². The van der Waals surface area contributed by atoms with E-state index < -0.39 is 0 Å². The van der Waals surface area contributed by atoms with E-state index in [0.29, 0.717) is 0 Å². The Bertz CT molecular complexity index is 855. The van der Waals surface area contributed by atoms with Crippen LogP contribution in [0.15, 0.2) is 49.3 Å². The van der Waals surface area contributed by atoms with Crippen LogP contribution in [-0.2, 0) is 6.54 Å². The molecule has 0 aromatic carbocycles. The second kappa shape index (κ2) is 6.93. The Morgan fingerprint density at radius 3 is 2.69 bits per heavy atom. The fraction of sp³-hybridized carbons (Fsp3) is 0.368. The highest BCUT2D eigenvalue weighted by molar-refractivity contribution is 5.56. The first-order valence-corrected chi connectivity index (χ1v) is 8.83. The Labute approximate surface area is 153 Å². The highest BCUT2D eigenvalue weighted by Gasteiger charge is 2.25. The van der Waals surface area contributed by atoms with E-state index in [4.69, 9.17) is 0 Å². The first-order valence-electron chi connectivity index (χ1n) is 8.83. The van der Waals surface area contributed by atoms with Crippen molar-refractivity contribution < 1.29 is 0 Å². The van der Waals surface area contributed by atoms with Crippen LogP contribution in [0.2, 0.25) is 0 Å². The van der Waals surface area contributed by atoms with Gasteiger partial charge in [-0.3, -0.25) is 19.9 Å². The third-order valence-electron chi connectivity index (χ3n) is 4.55. The van der Waals surface area contributed by atoms with Crippen molar-refractivity contribution in [2.45, 2.75) is 25.9 Å². The second-order valence-corrected chi connectivity index (χ2v) is 7.29. The van der Waals surface area contributed by atoms with E-state index in [-0.39, 0.29) is 5.54 Å². The summed E-state index contributed by atoms with van der Waals surface area (Å²) >= 11 is 0. The highest BCUT2D eigenvalue weighted by atomic mass is 15.3. The van der Waals surface area contributed by atoms with Crippen molar-refractivity contribution in [3.8, 4) is 16.9 Å². The smallest absolute Gasteiger partial charge is 0.0917 e. The molecule has 0 atom stereocenters. The molecule has 0 unspecified atom stereocenters. The molecule has 1 aliphatic rings. The monoisotopic (exact) mass is 349 g/mol. The number of hydrogen-bond acceptors (Lipinski definition) is 6. The van der Waals surface area contributed by atoms with Gasteiger partial charge in [-0.15, -0.1) is 0 Å². The number of hydrogen-bond donors (Lipinski definition) is 1. The average molecular weight is 349 g/mol. The van der Waals surface area contributed by atoms with Gasteiger partial charge in [-0.05, 0) is 26.0 Å². The van der Waals surface area contributed by atoms with E-state index in [1.54, 1.807) is 12.4 Å². The maximum Gasteiger partial charge on any atom is 0.0917 e. The molecule has 1 fully saturated rings.